The van der Waals surface area contributed by atoms with E-state index in [1.807, 2.05) is 0 Å². The van der Waals surface area contributed by atoms with Gasteiger partial charge in [-0.2, -0.15) is 0 Å². The zero-order chi connectivity index (χ0) is 15.9. The van der Waals surface area contributed by atoms with Crippen molar-refractivity contribution in [2.24, 2.45) is 5.92 Å². The van der Waals surface area contributed by atoms with Gasteiger partial charge in [0.15, 0.2) is 9.84 Å². The minimum absolute atomic E-state index is 0.264. The molecule has 1 rings (SSSR count). The van der Waals surface area contributed by atoms with E-state index in [9.17, 15) is 8.42 Å². The van der Waals surface area contributed by atoms with E-state index in [1.54, 1.807) is 27.9 Å². The monoisotopic (exact) mass is 320 g/mol. The van der Waals surface area contributed by atoms with Gasteiger partial charge in [0.05, 0.1) is 17.1 Å². The lowest BCUT2D eigenvalue weighted by Gasteiger charge is -2.33. The van der Waals surface area contributed by atoms with Crippen molar-refractivity contribution in [2.75, 3.05) is 52.2 Å². The van der Waals surface area contributed by atoms with E-state index < -0.39 is 14.6 Å². The number of piperidine rings is 1. The fraction of sp³-hybridized carbons (Fsp3) is 1.00. The van der Waals surface area contributed by atoms with Crippen molar-refractivity contribution in [3.05, 3.63) is 0 Å². The maximum atomic E-state index is 12.2. The molecule has 1 aliphatic rings. The third-order valence-corrected chi connectivity index (χ3v) is 6.71. The lowest BCUT2D eigenvalue weighted by Crippen LogP contribution is -2.43. The molecule has 1 fully saturated rings. The Bertz CT molecular complexity index is 390. The Morgan fingerprint density at radius 2 is 2.05 bits per heavy atom. The first kappa shape index (κ1) is 18.9. The summed E-state index contributed by atoms with van der Waals surface area (Å²) in [5, 5.41) is 3.40. The normalized spacial score (nSPS) is 21.6. The number of ether oxygens (including phenoxy) is 1. The summed E-state index contributed by atoms with van der Waals surface area (Å²) in [5.74, 6) is 0.883. The molecule has 1 unspecified atom stereocenters. The zero-order valence-electron chi connectivity index (χ0n) is 14.0. The lowest BCUT2D eigenvalue weighted by atomic mass is 9.98. The molecular weight excluding hydrogens is 288 g/mol. The molecule has 5 nitrogen and oxygen atoms in total. The van der Waals surface area contributed by atoms with Crippen molar-refractivity contribution in [2.45, 2.75) is 38.4 Å². The quantitative estimate of drug-likeness (QED) is 0.680. The number of hydrogen-bond acceptors (Lipinski definition) is 5. The van der Waals surface area contributed by atoms with Gasteiger partial charge < -0.3 is 15.0 Å². The molecule has 0 aromatic carbocycles. The lowest BCUT2D eigenvalue weighted by molar-refractivity contribution is 0.170. The van der Waals surface area contributed by atoms with Crippen molar-refractivity contribution in [1.82, 2.24) is 10.2 Å². The van der Waals surface area contributed by atoms with Crippen LogP contribution in [0.5, 0.6) is 0 Å². The van der Waals surface area contributed by atoms with Crippen LogP contribution in [0.1, 0.15) is 33.6 Å². The third-order valence-electron chi connectivity index (χ3n) is 4.13. The van der Waals surface area contributed by atoms with Crippen LogP contribution in [-0.2, 0) is 14.6 Å². The smallest absolute Gasteiger partial charge is 0.156 e. The minimum Gasteiger partial charge on any atom is -0.383 e. The molecule has 1 heterocycles. The van der Waals surface area contributed by atoms with Gasteiger partial charge in [0.1, 0.15) is 0 Å². The Morgan fingerprint density at radius 3 is 2.67 bits per heavy atom. The van der Waals surface area contributed by atoms with Gasteiger partial charge in [0, 0.05) is 26.7 Å². The maximum absolute atomic E-state index is 12.2. The number of methoxy groups -OCH3 is 1. The van der Waals surface area contributed by atoms with E-state index in [-0.39, 0.29) is 5.75 Å². The molecule has 0 aliphatic carbocycles. The van der Waals surface area contributed by atoms with Crippen LogP contribution < -0.4 is 5.32 Å². The first-order valence-electron chi connectivity index (χ1n) is 7.90. The highest BCUT2D eigenvalue weighted by Gasteiger charge is 2.30. The summed E-state index contributed by atoms with van der Waals surface area (Å²) in [6, 6.07) is 0. The maximum Gasteiger partial charge on any atom is 0.156 e. The second-order valence-electron chi connectivity index (χ2n) is 6.94. The van der Waals surface area contributed by atoms with Gasteiger partial charge >= 0.3 is 0 Å². The minimum atomic E-state index is -3.01. The second-order valence-corrected chi connectivity index (χ2v) is 9.80. The predicted molar refractivity (Wildman–Crippen MR) is 87.4 cm³/mol. The third kappa shape index (κ3) is 6.63. The van der Waals surface area contributed by atoms with Crippen molar-refractivity contribution in [3.8, 4) is 0 Å². The molecule has 1 N–H and O–H groups in total. The van der Waals surface area contributed by atoms with Crippen LogP contribution >= 0.6 is 0 Å². The fourth-order valence-electron chi connectivity index (χ4n) is 2.56. The summed E-state index contributed by atoms with van der Waals surface area (Å²) in [6.45, 7) is 10.6. The highest BCUT2D eigenvalue weighted by atomic mass is 32.2. The van der Waals surface area contributed by atoms with E-state index >= 15 is 0 Å². The summed E-state index contributed by atoms with van der Waals surface area (Å²) in [6.07, 6.45) is 2.38. The molecule has 1 atom stereocenters. The SMILES string of the molecule is COCCNCC1CCCN(CCS(=O)(=O)C(C)(C)C)C1. The standard InChI is InChI=1S/C15H32N2O3S/c1-15(2,3)21(18,19)11-9-17-8-5-6-14(13-17)12-16-7-10-20-4/h14,16H,5-13H2,1-4H3. The molecule has 0 spiro atoms. The first-order valence-corrected chi connectivity index (χ1v) is 9.56. The Labute approximate surface area is 130 Å². The van der Waals surface area contributed by atoms with Crippen LogP contribution in [-0.4, -0.2) is 70.3 Å². The topological polar surface area (TPSA) is 58.6 Å². The number of nitrogens with one attached hydrogen (secondary N) is 1. The van der Waals surface area contributed by atoms with E-state index in [2.05, 4.69) is 10.2 Å². The zero-order valence-corrected chi connectivity index (χ0v) is 14.8. The van der Waals surface area contributed by atoms with Gasteiger partial charge in [-0.05, 0) is 52.6 Å². The van der Waals surface area contributed by atoms with Crippen LogP contribution in [0.3, 0.4) is 0 Å². The Hall–Kier alpha value is -0.170. The average Bonchev–Trinajstić information content (AvgIpc) is 2.41. The molecule has 126 valence electrons. The van der Waals surface area contributed by atoms with Gasteiger partial charge in [-0.1, -0.05) is 0 Å². The van der Waals surface area contributed by atoms with Crippen molar-refractivity contribution >= 4 is 9.84 Å². The fourth-order valence-corrected chi connectivity index (χ4v) is 3.67. The molecule has 0 radical (unpaired) electrons. The van der Waals surface area contributed by atoms with E-state index in [4.69, 9.17) is 4.74 Å². The number of nitrogens with zero attached hydrogens (tertiary/aromatic N) is 1. The molecule has 0 amide bonds. The molecule has 1 aliphatic heterocycles. The number of likely N-dealkylation sites (tertiary alicyclic amines) is 1. The molecule has 0 bridgehead atoms. The largest absolute Gasteiger partial charge is 0.383 e. The summed E-state index contributed by atoms with van der Waals surface area (Å²) in [5.41, 5.74) is 0. The van der Waals surface area contributed by atoms with Crippen LogP contribution in [0.2, 0.25) is 0 Å². The molecule has 0 saturated carbocycles. The second kappa shape index (κ2) is 8.46. The summed E-state index contributed by atoms with van der Waals surface area (Å²) >= 11 is 0. The van der Waals surface area contributed by atoms with Crippen molar-refractivity contribution < 1.29 is 13.2 Å². The molecule has 0 aromatic rings. The Kier molecular flexibility index (Phi) is 7.60. The average molecular weight is 320 g/mol. The van der Waals surface area contributed by atoms with Crippen LogP contribution in [0.15, 0.2) is 0 Å². The highest BCUT2D eigenvalue weighted by Crippen LogP contribution is 2.19. The van der Waals surface area contributed by atoms with E-state index in [0.717, 1.165) is 39.2 Å². The highest BCUT2D eigenvalue weighted by molar-refractivity contribution is 7.92. The first-order chi connectivity index (χ1) is 9.76. The van der Waals surface area contributed by atoms with Gasteiger partial charge in [0.25, 0.3) is 0 Å². The predicted octanol–water partition coefficient (Wildman–Crippen LogP) is 1.15. The van der Waals surface area contributed by atoms with Gasteiger partial charge in [-0.3, -0.25) is 0 Å². The van der Waals surface area contributed by atoms with Gasteiger partial charge in [-0.25, -0.2) is 8.42 Å². The van der Waals surface area contributed by atoms with Crippen molar-refractivity contribution in [1.29, 1.82) is 0 Å². The molecule has 6 heteroatoms. The molecule has 21 heavy (non-hydrogen) atoms. The van der Waals surface area contributed by atoms with Crippen LogP contribution in [0.4, 0.5) is 0 Å². The summed E-state index contributed by atoms with van der Waals surface area (Å²) in [7, 11) is -1.30. The molecule has 1 saturated heterocycles. The van der Waals surface area contributed by atoms with Crippen LogP contribution in [0, 0.1) is 5.92 Å². The Balaban J connectivity index is 2.33. The molecular formula is C15H32N2O3S. The van der Waals surface area contributed by atoms with Gasteiger partial charge in [0.2, 0.25) is 0 Å². The van der Waals surface area contributed by atoms with E-state index in [0.29, 0.717) is 12.5 Å². The molecule has 0 aromatic heterocycles. The Morgan fingerprint density at radius 1 is 1.33 bits per heavy atom. The number of rotatable bonds is 8. The van der Waals surface area contributed by atoms with E-state index in [1.165, 1.54) is 6.42 Å². The number of sulfone groups is 1. The number of hydrogen-bond donors (Lipinski definition) is 1. The summed E-state index contributed by atoms with van der Waals surface area (Å²) < 4.78 is 28.7. The van der Waals surface area contributed by atoms with Crippen LogP contribution in [0.25, 0.3) is 0 Å². The summed E-state index contributed by atoms with van der Waals surface area (Å²) in [4.78, 5) is 2.30. The van der Waals surface area contributed by atoms with Crippen molar-refractivity contribution in [3.63, 3.8) is 0 Å². The van der Waals surface area contributed by atoms with Gasteiger partial charge in [-0.15, -0.1) is 0 Å².